The van der Waals surface area contributed by atoms with Crippen LogP contribution in [0.2, 0.25) is 0 Å². The number of rotatable bonds is 8. The number of carbonyl (C=O) groups excluding carboxylic acids is 2. The van der Waals surface area contributed by atoms with Crippen LogP contribution in [-0.2, 0) is 19.1 Å². The van der Waals surface area contributed by atoms with E-state index in [9.17, 15) is 9.59 Å². The van der Waals surface area contributed by atoms with Crippen molar-refractivity contribution in [3.05, 3.63) is 0 Å². The molecule has 21 heavy (non-hydrogen) atoms. The minimum absolute atomic E-state index is 0.0170. The third kappa shape index (κ3) is 4.17. The van der Waals surface area contributed by atoms with Gasteiger partial charge in [-0.25, -0.2) is 0 Å². The molecule has 1 N–H and O–H groups in total. The fourth-order valence-electron chi connectivity index (χ4n) is 2.82. The van der Waals surface area contributed by atoms with Gasteiger partial charge in [0.2, 0.25) is 11.8 Å². The Balaban J connectivity index is 1.83. The summed E-state index contributed by atoms with van der Waals surface area (Å²) in [7, 11) is 1.64. The molecule has 6 heteroatoms. The highest BCUT2D eigenvalue weighted by Gasteiger charge is 2.50. The predicted octanol–water partition coefficient (Wildman–Crippen LogP) is 0.557. The molecule has 1 aliphatic heterocycles. The zero-order valence-corrected chi connectivity index (χ0v) is 13.0. The van der Waals surface area contributed by atoms with Crippen molar-refractivity contribution in [1.82, 2.24) is 10.2 Å². The van der Waals surface area contributed by atoms with Crippen LogP contribution < -0.4 is 5.32 Å². The molecule has 2 amide bonds. The molecule has 120 valence electrons. The first-order valence-corrected chi connectivity index (χ1v) is 7.75. The summed E-state index contributed by atoms with van der Waals surface area (Å²) in [5, 5.41) is 2.94. The smallest absolute Gasteiger partial charge is 0.248 e. The van der Waals surface area contributed by atoms with Crippen LogP contribution in [0.15, 0.2) is 0 Å². The summed E-state index contributed by atoms with van der Waals surface area (Å²) >= 11 is 0. The zero-order chi connectivity index (χ0) is 15.3. The van der Waals surface area contributed by atoms with Crippen LogP contribution >= 0.6 is 0 Å². The molecular formula is C15H26N2O4. The molecule has 1 saturated heterocycles. The number of carbonyl (C=O) groups is 2. The molecule has 1 unspecified atom stereocenters. The van der Waals surface area contributed by atoms with E-state index < -0.39 is 5.54 Å². The second-order valence-electron chi connectivity index (χ2n) is 6.03. The van der Waals surface area contributed by atoms with E-state index in [-0.39, 0.29) is 11.8 Å². The van der Waals surface area contributed by atoms with Crippen molar-refractivity contribution in [1.29, 1.82) is 0 Å². The summed E-state index contributed by atoms with van der Waals surface area (Å²) in [6.07, 6.45) is 3.22. The summed E-state index contributed by atoms with van der Waals surface area (Å²) in [5.74, 6) is 0.344. The Morgan fingerprint density at radius 3 is 2.71 bits per heavy atom. The van der Waals surface area contributed by atoms with Gasteiger partial charge in [-0.3, -0.25) is 9.59 Å². The van der Waals surface area contributed by atoms with E-state index in [0.717, 1.165) is 19.3 Å². The highest BCUT2D eigenvalue weighted by molar-refractivity contribution is 5.93. The van der Waals surface area contributed by atoms with Crippen molar-refractivity contribution in [3.63, 3.8) is 0 Å². The molecule has 2 aliphatic rings. The summed E-state index contributed by atoms with van der Waals surface area (Å²) in [4.78, 5) is 26.4. The Hall–Kier alpha value is -1.14. The van der Waals surface area contributed by atoms with Gasteiger partial charge in [-0.1, -0.05) is 0 Å². The quantitative estimate of drug-likeness (QED) is 0.665. The third-order valence-corrected chi connectivity index (χ3v) is 4.28. The molecule has 0 aromatic heterocycles. The molecule has 1 aliphatic carbocycles. The number of ether oxygens (including phenoxy) is 2. The van der Waals surface area contributed by atoms with Gasteiger partial charge in [-0.2, -0.15) is 0 Å². The van der Waals surface area contributed by atoms with Gasteiger partial charge in [0.25, 0.3) is 0 Å². The summed E-state index contributed by atoms with van der Waals surface area (Å²) in [6, 6.07) is 0. The topological polar surface area (TPSA) is 67.9 Å². The minimum Gasteiger partial charge on any atom is -0.382 e. The molecule has 2 rings (SSSR count). The van der Waals surface area contributed by atoms with Gasteiger partial charge in [0, 0.05) is 33.2 Å². The van der Waals surface area contributed by atoms with Crippen molar-refractivity contribution >= 4 is 11.8 Å². The van der Waals surface area contributed by atoms with Crippen LogP contribution in [0.3, 0.4) is 0 Å². The molecule has 0 aromatic rings. The van der Waals surface area contributed by atoms with Gasteiger partial charge in [0.15, 0.2) is 0 Å². The lowest BCUT2D eigenvalue weighted by atomic mass is 9.94. The second kappa shape index (κ2) is 7.22. The average molecular weight is 298 g/mol. The Bertz CT molecular complexity index is 384. The Labute approximate surface area is 126 Å². The highest BCUT2D eigenvalue weighted by Crippen LogP contribution is 2.41. The SMILES string of the molecule is COCCOCCCN1CCC(=O)NC(C)(C2CC2)C1=O. The maximum atomic E-state index is 12.7. The van der Waals surface area contributed by atoms with E-state index in [0.29, 0.717) is 45.2 Å². The van der Waals surface area contributed by atoms with Crippen LogP contribution in [0.4, 0.5) is 0 Å². The standard InChI is InChI=1S/C15H26N2O4/c1-15(12-4-5-12)14(19)17(8-6-13(18)16-15)7-3-9-21-11-10-20-2/h12H,3-11H2,1-2H3,(H,16,18). The zero-order valence-electron chi connectivity index (χ0n) is 13.0. The van der Waals surface area contributed by atoms with Crippen LogP contribution in [0, 0.1) is 5.92 Å². The van der Waals surface area contributed by atoms with Gasteiger partial charge in [-0.15, -0.1) is 0 Å². The number of nitrogens with one attached hydrogen (secondary N) is 1. The van der Waals surface area contributed by atoms with Gasteiger partial charge >= 0.3 is 0 Å². The normalized spacial score (nSPS) is 26.7. The van der Waals surface area contributed by atoms with E-state index in [1.54, 1.807) is 7.11 Å². The van der Waals surface area contributed by atoms with E-state index in [4.69, 9.17) is 9.47 Å². The molecule has 1 heterocycles. The fourth-order valence-corrected chi connectivity index (χ4v) is 2.82. The summed E-state index contributed by atoms with van der Waals surface area (Å²) < 4.78 is 10.3. The minimum atomic E-state index is -0.704. The molecule has 0 bridgehead atoms. The number of amides is 2. The first-order valence-electron chi connectivity index (χ1n) is 7.75. The van der Waals surface area contributed by atoms with E-state index >= 15 is 0 Å². The van der Waals surface area contributed by atoms with Gasteiger partial charge in [0.1, 0.15) is 5.54 Å². The van der Waals surface area contributed by atoms with E-state index in [1.165, 1.54) is 0 Å². The molecule has 1 atom stereocenters. The third-order valence-electron chi connectivity index (χ3n) is 4.28. The van der Waals surface area contributed by atoms with E-state index in [1.807, 2.05) is 11.8 Å². The van der Waals surface area contributed by atoms with Crippen molar-refractivity contribution in [2.75, 3.05) is 40.0 Å². The molecule has 1 saturated carbocycles. The molecular weight excluding hydrogens is 272 g/mol. The summed E-state index contributed by atoms with van der Waals surface area (Å²) in [6.45, 7) is 4.78. The Morgan fingerprint density at radius 2 is 2.05 bits per heavy atom. The Kier molecular flexibility index (Phi) is 5.58. The fraction of sp³-hybridized carbons (Fsp3) is 0.867. The lowest BCUT2D eigenvalue weighted by Gasteiger charge is -2.32. The van der Waals surface area contributed by atoms with Crippen molar-refractivity contribution in [2.45, 2.75) is 38.1 Å². The molecule has 0 spiro atoms. The van der Waals surface area contributed by atoms with Gasteiger partial charge < -0.3 is 19.7 Å². The first kappa shape index (κ1) is 16.2. The Morgan fingerprint density at radius 1 is 1.29 bits per heavy atom. The predicted molar refractivity (Wildman–Crippen MR) is 77.8 cm³/mol. The van der Waals surface area contributed by atoms with Crippen LogP contribution in [0.25, 0.3) is 0 Å². The molecule has 0 aromatic carbocycles. The highest BCUT2D eigenvalue weighted by atomic mass is 16.5. The second-order valence-corrected chi connectivity index (χ2v) is 6.03. The van der Waals surface area contributed by atoms with Crippen LogP contribution in [0.5, 0.6) is 0 Å². The van der Waals surface area contributed by atoms with Gasteiger partial charge in [-0.05, 0) is 32.1 Å². The monoisotopic (exact) mass is 298 g/mol. The van der Waals surface area contributed by atoms with Gasteiger partial charge in [0.05, 0.1) is 13.2 Å². The van der Waals surface area contributed by atoms with Crippen LogP contribution in [-0.4, -0.2) is 62.3 Å². The maximum absolute atomic E-state index is 12.7. The first-order chi connectivity index (χ1) is 10.1. The molecule has 2 fully saturated rings. The number of methoxy groups -OCH3 is 1. The number of hydrogen-bond acceptors (Lipinski definition) is 4. The average Bonchev–Trinajstić information content (AvgIpc) is 3.29. The lowest BCUT2D eigenvalue weighted by Crippen LogP contribution is -2.56. The maximum Gasteiger partial charge on any atom is 0.248 e. The number of nitrogens with zero attached hydrogens (tertiary/aromatic N) is 1. The number of hydrogen-bond donors (Lipinski definition) is 1. The largest absolute Gasteiger partial charge is 0.382 e. The van der Waals surface area contributed by atoms with E-state index in [2.05, 4.69) is 5.32 Å². The van der Waals surface area contributed by atoms with Crippen LogP contribution in [0.1, 0.15) is 32.6 Å². The lowest BCUT2D eigenvalue weighted by molar-refractivity contribution is -0.139. The van der Waals surface area contributed by atoms with Crippen molar-refractivity contribution < 1.29 is 19.1 Å². The molecule has 0 radical (unpaired) electrons. The van der Waals surface area contributed by atoms with Crippen molar-refractivity contribution in [3.8, 4) is 0 Å². The van der Waals surface area contributed by atoms with Crippen molar-refractivity contribution in [2.24, 2.45) is 5.92 Å². The molecule has 6 nitrogen and oxygen atoms in total. The summed E-state index contributed by atoms with van der Waals surface area (Å²) in [5.41, 5.74) is -0.704.